The molecule has 0 bridgehead atoms. The van der Waals surface area contributed by atoms with Gasteiger partial charge in [-0.2, -0.15) is 5.10 Å². The SMILES string of the molecule is O=C(CCCCCOc1cccc(C(=O)N/N=C/c2ccc(CN3C[C@H](c4ccccc4)OC(=O)CC/C=C/CCC3=O)cc2)c1)NO. The van der Waals surface area contributed by atoms with Crippen LogP contribution in [0.5, 0.6) is 5.75 Å². The third-order valence-corrected chi connectivity index (χ3v) is 7.66. The molecule has 3 aromatic carbocycles. The molecule has 0 unspecified atom stereocenters. The van der Waals surface area contributed by atoms with Gasteiger partial charge < -0.3 is 14.4 Å². The Morgan fingerprint density at radius 1 is 0.938 bits per heavy atom. The molecular weight excluding hydrogens is 612 g/mol. The van der Waals surface area contributed by atoms with Gasteiger partial charge in [-0.05, 0) is 67.0 Å². The van der Waals surface area contributed by atoms with Crippen molar-refractivity contribution in [2.24, 2.45) is 5.10 Å². The summed E-state index contributed by atoms with van der Waals surface area (Å²) in [6.07, 6.45) is 9.05. The first-order valence-electron chi connectivity index (χ1n) is 16.2. The van der Waals surface area contributed by atoms with E-state index in [1.807, 2.05) is 66.7 Å². The van der Waals surface area contributed by atoms with Crippen LogP contribution in [0.3, 0.4) is 0 Å². The second-order valence-corrected chi connectivity index (χ2v) is 11.4. The van der Waals surface area contributed by atoms with E-state index in [1.54, 1.807) is 34.6 Å². The molecule has 3 N–H and O–H groups in total. The molecule has 4 rings (SSSR count). The number of amides is 3. The Hall–Kier alpha value is -5.29. The van der Waals surface area contributed by atoms with Gasteiger partial charge in [0.2, 0.25) is 11.8 Å². The van der Waals surface area contributed by atoms with E-state index < -0.39 is 12.0 Å². The summed E-state index contributed by atoms with van der Waals surface area (Å²) in [4.78, 5) is 51.3. The van der Waals surface area contributed by atoms with Crippen molar-refractivity contribution < 1.29 is 33.9 Å². The number of nitrogens with zero attached hydrogens (tertiary/aromatic N) is 2. The lowest BCUT2D eigenvalue weighted by Gasteiger charge is -2.28. The number of hydrazone groups is 1. The van der Waals surface area contributed by atoms with Crippen molar-refractivity contribution in [2.45, 2.75) is 64.0 Å². The van der Waals surface area contributed by atoms with Gasteiger partial charge in [-0.15, -0.1) is 0 Å². The van der Waals surface area contributed by atoms with Gasteiger partial charge in [-0.3, -0.25) is 24.4 Å². The first-order chi connectivity index (χ1) is 23.4. The third-order valence-electron chi connectivity index (χ3n) is 7.66. The Morgan fingerprint density at radius 3 is 2.48 bits per heavy atom. The van der Waals surface area contributed by atoms with E-state index >= 15 is 0 Å². The molecule has 0 aliphatic carbocycles. The van der Waals surface area contributed by atoms with Crippen LogP contribution in [0.25, 0.3) is 0 Å². The minimum absolute atomic E-state index is 0.0234. The zero-order valence-electron chi connectivity index (χ0n) is 26.9. The van der Waals surface area contributed by atoms with Gasteiger partial charge >= 0.3 is 5.97 Å². The van der Waals surface area contributed by atoms with Gasteiger partial charge in [0, 0.05) is 31.4 Å². The van der Waals surface area contributed by atoms with Crippen LogP contribution in [0, 0.1) is 0 Å². The topological polar surface area (TPSA) is 147 Å². The van der Waals surface area contributed by atoms with E-state index in [1.165, 1.54) is 6.21 Å². The number of unbranched alkanes of at least 4 members (excludes halogenated alkanes) is 2. The Labute approximate surface area is 280 Å². The van der Waals surface area contributed by atoms with Gasteiger partial charge in [-0.25, -0.2) is 10.9 Å². The lowest BCUT2D eigenvalue weighted by Crippen LogP contribution is -2.35. The highest BCUT2D eigenvalue weighted by atomic mass is 16.5. The molecule has 0 fully saturated rings. The van der Waals surface area contributed by atoms with Crippen molar-refractivity contribution in [2.75, 3.05) is 13.2 Å². The fraction of sp³-hybridized carbons (Fsp3) is 0.324. The molecular formula is C37H42N4O7. The number of rotatable bonds is 13. The minimum Gasteiger partial charge on any atom is -0.494 e. The van der Waals surface area contributed by atoms with Gasteiger partial charge in [0.1, 0.15) is 11.9 Å². The highest BCUT2D eigenvalue weighted by Gasteiger charge is 2.24. The average Bonchev–Trinajstić information content (AvgIpc) is 3.11. The number of ether oxygens (including phenoxy) is 2. The lowest BCUT2D eigenvalue weighted by atomic mass is 10.1. The van der Waals surface area contributed by atoms with Crippen molar-refractivity contribution in [1.82, 2.24) is 15.8 Å². The van der Waals surface area contributed by atoms with Crippen molar-refractivity contribution in [1.29, 1.82) is 0 Å². The third kappa shape index (κ3) is 12.1. The number of carbonyl (C=O) groups is 4. The average molecular weight is 655 g/mol. The summed E-state index contributed by atoms with van der Waals surface area (Å²) in [5.41, 5.74) is 7.04. The highest BCUT2D eigenvalue weighted by molar-refractivity contribution is 5.95. The molecule has 0 saturated carbocycles. The number of esters is 1. The highest BCUT2D eigenvalue weighted by Crippen LogP contribution is 2.23. The lowest BCUT2D eigenvalue weighted by molar-refractivity contribution is -0.152. The van der Waals surface area contributed by atoms with E-state index in [0.29, 0.717) is 50.1 Å². The molecule has 0 spiro atoms. The van der Waals surface area contributed by atoms with E-state index in [-0.39, 0.29) is 37.2 Å². The maximum atomic E-state index is 13.3. The summed E-state index contributed by atoms with van der Waals surface area (Å²) in [5, 5.41) is 12.6. The van der Waals surface area contributed by atoms with Crippen LogP contribution in [0.4, 0.5) is 0 Å². The van der Waals surface area contributed by atoms with Crippen molar-refractivity contribution in [3.63, 3.8) is 0 Å². The van der Waals surface area contributed by atoms with E-state index in [4.69, 9.17) is 14.7 Å². The number of hydroxylamine groups is 1. The summed E-state index contributed by atoms with van der Waals surface area (Å²) in [7, 11) is 0. The molecule has 1 aliphatic heterocycles. The number of hydrogen-bond acceptors (Lipinski definition) is 8. The van der Waals surface area contributed by atoms with Crippen LogP contribution in [-0.4, -0.2) is 53.2 Å². The summed E-state index contributed by atoms with van der Waals surface area (Å²) >= 11 is 0. The van der Waals surface area contributed by atoms with Gasteiger partial charge in [-0.1, -0.05) is 72.8 Å². The number of allylic oxidation sites excluding steroid dienone is 2. The largest absolute Gasteiger partial charge is 0.494 e. The van der Waals surface area contributed by atoms with Crippen molar-refractivity contribution in [3.8, 4) is 5.75 Å². The number of benzene rings is 3. The normalized spacial score (nSPS) is 16.4. The molecule has 1 atom stereocenters. The van der Waals surface area contributed by atoms with E-state index in [0.717, 1.165) is 29.5 Å². The minimum atomic E-state index is -0.577. The zero-order valence-corrected chi connectivity index (χ0v) is 26.9. The Balaban J connectivity index is 1.31. The first-order valence-corrected chi connectivity index (χ1v) is 16.2. The molecule has 11 heteroatoms. The summed E-state index contributed by atoms with van der Waals surface area (Å²) in [5.74, 6) is -0.566. The summed E-state index contributed by atoms with van der Waals surface area (Å²) < 4.78 is 11.6. The van der Waals surface area contributed by atoms with Gasteiger partial charge in [0.15, 0.2) is 0 Å². The van der Waals surface area contributed by atoms with Crippen LogP contribution in [-0.2, 0) is 25.7 Å². The molecule has 0 aromatic heterocycles. The van der Waals surface area contributed by atoms with E-state index in [9.17, 15) is 19.2 Å². The number of cyclic esters (lactones) is 1. The summed E-state index contributed by atoms with van der Waals surface area (Å²) in [6, 6.07) is 23.8. The van der Waals surface area contributed by atoms with Gasteiger partial charge in [0.05, 0.1) is 19.4 Å². The predicted octanol–water partition coefficient (Wildman–Crippen LogP) is 5.64. The monoisotopic (exact) mass is 654 g/mol. The molecule has 0 saturated heterocycles. The van der Waals surface area contributed by atoms with Crippen LogP contribution < -0.4 is 15.6 Å². The van der Waals surface area contributed by atoms with Crippen molar-refractivity contribution >= 4 is 29.9 Å². The maximum absolute atomic E-state index is 13.3. The number of nitrogens with one attached hydrogen (secondary N) is 2. The molecule has 1 heterocycles. The molecule has 11 nitrogen and oxygen atoms in total. The van der Waals surface area contributed by atoms with Crippen LogP contribution >= 0.6 is 0 Å². The van der Waals surface area contributed by atoms with Gasteiger partial charge in [0.25, 0.3) is 5.91 Å². The fourth-order valence-electron chi connectivity index (χ4n) is 5.05. The second-order valence-electron chi connectivity index (χ2n) is 11.4. The first kappa shape index (κ1) is 35.6. The molecule has 3 amide bonds. The number of carbonyl (C=O) groups excluding carboxylic acids is 4. The standard InChI is InChI=1S/C37H42N4O7/c42-34(40-46)16-7-4-10-23-47-32-15-11-14-31(24-32)37(45)39-38-25-28-19-21-29(22-20-28)26-41-27-33(30-12-5-3-6-13-30)48-36(44)18-9-2-1-8-17-35(41)43/h1-3,5-6,11-15,19-22,24-25,33,46H,4,7-10,16-18,23,26-27H2,(H,39,45)(H,40,42)/b2-1+,38-25+/t33-/m1/s1. The van der Waals surface area contributed by atoms with Crippen molar-refractivity contribution in [3.05, 3.63) is 113 Å². The molecule has 3 aromatic rings. The Kier molecular flexibility index (Phi) is 14.4. The smallest absolute Gasteiger partial charge is 0.306 e. The predicted molar refractivity (Wildman–Crippen MR) is 180 cm³/mol. The van der Waals surface area contributed by atoms with Crippen LogP contribution in [0.2, 0.25) is 0 Å². The summed E-state index contributed by atoms with van der Waals surface area (Å²) in [6.45, 7) is 1.02. The second kappa shape index (κ2) is 19.4. The van der Waals surface area contributed by atoms with Crippen LogP contribution in [0.1, 0.15) is 84.5 Å². The maximum Gasteiger partial charge on any atom is 0.306 e. The molecule has 1 aliphatic rings. The Bertz CT molecular complexity index is 1560. The van der Waals surface area contributed by atoms with E-state index in [2.05, 4.69) is 10.5 Å². The Morgan fingerprint density at radius 2 is 1.71 bits per heavy atom. The number of hydrogen-bond donors (Lipinski definition) is 3. The fourth-order valence-corrected chi connectivity index (χ4v) is 5.05. The molecule has 252 valence electrons. The van der Waals surface area contributed by atoms with Crippen LogP contribution in [0.15, 0.2) is 96.1 Å². The zero-order chi connectivity index (χ0) is 34.0. The molecule has 48 heavy (non-hydrogen) atoms. The molecule has 0 radical (unpaired) electrons. The quantitative estimate of drug-likeness (QED) is 0.0540.